The van der Waals surface area contributed by atoms with Crippen molar-refractivity contribution >= 4 is 69.4 Å². The quantitative estimate of drug-likeness (QED) is 0.102. The first-order valence-corrected chi connectivity index (χ1v) is 25.3. The standard InChI is InChI=1S/2C18H15P.C10H7.ClH.Ni/c2*1-4-10-16(11-5-1)19(17-12-6-2-7-13-17)18-14-8-3-9-15-18;1-2-6-10-8-4-3-7-9(10)5-1;;/h2*1-15H;1-3,5-8H;1H;/q;;;;-1/p+1. The van der Waals surface area contributed by atoms with E-state index in [9.17, 15) is 10.2 Å². The van der Waals surface area contributed by atoms with Crippen molar-refractivity contribution in [2.24, 2.45) is 0 Å². The van der Waals surface area contributed by atoms with E-state index in [1.807, 2.05) is 0 Å². The first-order chi connectivity index (χ1) is 24.7. The number of fused-ring (bicyclic) bond motifs is 1. The predicted molar refractivity (Wildman–Crippen MR) is 223 cm³/mol. The Hall–Kier alpha value is -4.34. The molecule has 0 saturated carbocycles. The maximum atomic E-state index is 9.54. The molecule has 0 nitrogen and oxygen atoms in total. The molecule has 4 heteroatoms. The molecular formula is C46H39ClNiP2. The maximum absolute atomic E-state index is 9.54. The fourth-order valence-electron chi connectivity index (χ4n) is 7.43. The third kappa shape index (κ3) is 5.20. The van der Waals surface area contributed by atoms with E-state index >= 15 is 0 Å². The van der Waals surface area contributed by atoms with Crippen LogP contribution >= 0.6 is 22.3 Å². The molecule has 0 fully saturated rings. The Labute approximate surface area is 302 Å². The molecule has 0 heterocycles. The van der Waals surface area contributed by atoms with Crippen molar-refractivity contribution in [3.8, 4) is 0 Å². The molecule has 0 radical (unpaired) electrons. The molecule has 0 aliphatic heterocycles. The van der Waals surface area contributed by atoms with Gasteiger partial charge in [0.05, 0.1) is 0 Å². The van der Waals surface area contributed by atoms with Crippen molar-refractivity contribution in [2.45, 2.75) is 0 Å². The van der Waals surface area contributed by atoms with Crippen LogP contribution in [0.3, 0.4) is 0 Å². The fourth-order valence-corrected chi connectivity index (χ4v) is 48.0. The number of hydrogen-bond donors (Lipinski definition) is 0. The molecule has 0 bridgehead atoms. The molecule has 0 spiro atoms. The van der Waals surface area contributed by atoms with Gasteiger partial charge in [-0.2, -0.15) is 0 Å². The zero-order valence-corrected chi connectivity index (χ0v) is 31.3. The van der Waals surface area contributed by atoms with Gasteiger partial charge in [-0.05, 0) is 0 Å². The molecule has 8 aromatic rings. The van der Waals surface area contributed by atoms with E-state index in [4.69, 9.17) is 0 Å². The molecule has 0 saturated heterocycles. The number of halogens is 1. The van der Waals surface area contributed by atoms with Gasteiger partial charge in [0, 0.05) is 0 Å². The van der Waals surface area contributed by atoms with Crippen LogP contribution in [0.4, 0.5) is 0 Å². The SMILES string of the molecule is [Cl][Ni]([c]1ccc2ccccc2c1)([PH](c1ccccc1)(c1ccccc1)c1ccccc1)[PH](c1ccccc1)(c1ccccc1)c1ccccc1. The van der Waals surface area contributed by atoms with Gasteiger partial charge >= 0.3 is 304 Å². The molecule has 0 aliphatic carbocycles. The average Bonchev–Trinajstić information content (AvgIpc) is 3.21. The molecule has 0 aliphatic rings. The number of hydrogen-bond acceptors (Lipinski definition) is 0. The van der Waals surface area contributed by atoms with Gasteiger partial charge in [-0.25, -0.2) is 0 Å². The summed E-state index contributed by atoms with van der Waals surface area (Å²) in [5.41, 5.74) is 0. The summed E-state index contributed by atoms with van der Waals surface area (Å²) >= 11 is 0. The van der Waals surface area contributed by atoms with Gasteiger partial charge in [-0.1, -0.05) is 0 Å². The van der Waals surface area contributed by atoms with Crippen molar-refractivity contribution in [3.05, 3.63) is 224 Å². The third-order valence-corrected chi connectivity index (χ3v) is 42.1. The minimum atomic E-state index is -3.27. The van der Waals surface area contributed by atoms with Crippen LogP contribution in [0.2, 0.25) is 0 Å². The van der Waals surface area contributed by atoms with Gasteiger partial charge in [0.15, 0.2) is 0 Å². The average molecular weight is 748 g/mol. The second kappa shape index (κ2) is 14.1. The molecule has 8 rings (SSSR count). The Morgan fingerprint density at radius 1 is 0.280 bits per heavy atom. The molecule has 50 heavy (non-hydrogen) atoms. The van der Waals surface area contributed by atoms with Crippen molar-refractivity contribution in [3.63, 3.8) is 0 Å². The van der Waals surface area contributed by atoms with Gasteiger partial charge < -0.3 is 0 Å². The Kier molecular flexibility index (Phi) is 9.27. The number of rotatable bonds is 9. The van der Waals surface area contributed by atoms with Crippen LogP contribution in [0.1, 0.15) is 0 Å². The van der Waals surface area contributed by atoms with Crippen LogP contribution < -0.4 is 36.4 Å². The second-order valence-corrected chi connectivity index (χ2v) is 32.9. The monoisotopic (exact) mass is 746 g/mol. The molecule has 0 amide bonds. The predicted octanol–water partition coefficient (Wildman–Crippen LogP) is 9.06. The second-order valence-electron chi connectivity index (χ2n) is 12.3. The summed E-state index contributed by atoms with van der Waals surface area (Å²) < 4.78 is 1.24. The Bertz CT molecular complexity index is 2000. The first-order valence-electron chi connectivity index (χ1n) is 16.9. The van der Waals surface area contributed by atoms with Gasteiger partial charge in [-0.3, -0.25) is 0 Å². The zero-order valence-electron chi connectivity index (χ0n) is 27.6. The van der Waals surface area contributed by atoms with Crippen LogP contribution in [0.25, 0.3) is 10.8 Å². The Balaban J connectivity index is 1.70. The Morgan fingerprint density at radius 2 is 0.540 bits per heavy atom. The molecule has 0 atom stereocenters. The number of benzene rings is 8. The van der Waals surface area contributed by atoms with Crippen LogP contribution in [-0.2, 0) is 10.6 Å². The minimum absolute atomic E-state index is 1.21. The summed E-state index contributed by atoms with van der Waals surface area (Å²) in [7, 11) is 6.86. The van der Waals surface area contributed by atoms with E-state index in [1.165, 1.54) is 47.1 Å². The van der Waals surface area contributed by atoms with Crippen LogP contribution in [0.5, 0.6) is 0 Å². The fraction of sp³-hybridized carbons (Fsp3) is 0. The van der Waals surface area contributed by atoms with E-state index in [2.05, 4.69) is 224 Å². The zero-order chi connectivity index (χ0) is 33.9. The summed E-state index contributed by atoms with van der Waals surface area (Å²) in [4.78, 5) is 0. The molecule has 0 unspecified atom stereocenters. The molecule has 8 aromatic carbocycles. The molecular weight excluding hydrogens is 709 g/mol. The third-order valence-electron chi connectivity index (χ3n) is 9.52. The summed E-state index contributed by atoms with van der Waals surface area (Å²) in [6.07, 6.45) is 0. The van der Waals surface area contributed by atoms with Gasteiger partial charge in [-0.15, -0.1) is 0 Å². The van der Waals surface area contributed by atoms with E-state index in [1.54, 1.807) is 0 Å². The topological polar surface area (TPSA) is 0 Å². The Morgan fingerprint density at radius 3 is 0.840 bits per heavy atom. The van der Waals surface area contributed by atoms with Gasteiger partial charge in [0.25, 0.3) is 0 Å². The summed E-state index contributed by atoms with van der Waals surface area (Å²) in [6, 6.07) is 76.9. The molecule has 250 valence electrons. The van der Waals surface area contributed by atoms with Gasteiger partial charge in [0.1, 0.15) is 0 Å². The van der Waals surface area contributed by atoms with Gasteiger partial charge in [0.2, 0.25) is 0 Å². The van der Waals surface area contributed by atoms with E-state index in [0.717, 1.165) is 0 Å². The van der Waals surface area contributed by atoms with E-state index in [-0.39, 0.29) is 0 Å². The summed E-state index contributed by atoms with van der Waals surface area (Å²) in [5.74, 6) is 0. The summed E-state index contributed by atoms with van der Waals surface area (Å²) in [6.45, 7) is 0. The summed E-state index contributed by atoms with van der Waals surface area (Å²) in [5, 5.41) is 10.3. The van der Waals surface area contributed by atoms with Crippen molar-refractivity contribution in [1.29, 1.82) is 0 Å². The normalized spacial score (nSPS) is 14.3. The van der Waals surface area contributed by atoms with E-state index < -0.39 is 22.7 Å². The van der Waals surface area contributed by atoms with Crippen LogP contribution in [0.15, 0.2) is 224 Å². The molecule has 0 N–H and O–H groups in total. The van der Waals surface area contributed by atoms with Crippen LogP contribution in [0, 0.1) is 0 Å². The van der Waals surface area contributed by atoms with Crippen molar-refractivity contribution < 1.29 is 10.6 Å². The van der Waals surface area contributed by atoms with Crippen molar-refractivity contribution in [1.82, 2.24) is 0 Å². The van der Waals surface area contributed by atoms with Crippen molar-refractivity contribution in [2.75, 3.05) is 0 Å². The van der Waals surface area contributed by atoms with E-state index in [0.29, 0.717) is 0 Å². The molecule has 0 aromatic heterocycles. The first kappa shape index (κ1) is 32.8. The van der Waals surface area contributed by atoms with Crippen LogP contribution in [-0.4, -0.2) is 0 Å².